The Balaban J connectivity index is 1.26. The third-order valence-corrected chi connectivity index (χ3v) is 9.10. The Morgan fingerprint density at radius 1 is 0.383 bits per heavy atom. The number of rotatable bonds is 5. The number of fused-ring (bicyclic) bond motifs is 3. The van der Waals surface area contributed by atoms with Gasteiger partial charge in [-0.1, -0.05) is 121 Å². The van der Waals surface area contributed by atoms with Gasteiger partial charge in [0.05, 0.1) is 11.0 Å². The number of benzene rings is 7. The molecule has 220 valence electrons. The third-order valence-electron chi connectivity index (χ3n) is 9.10. The van der Waals surface area contributed by atoms with Crippen LogP contribution in [0, 0.1) is 0 Å². The van der Waals surface area contributed by atoms with Gasteiger partial charge in [0.15, 0.2) is 0 Å². The fraction of sp³-hybridized carbons (Fsp3) is 0. The molecule has 9 aromatic rings. The van der Waals surface area contributed by atoms with Crippen molar-refractivity contribution in [2.24, 2.45) is 0 Å². The lowest BCUT2D eigenvalue weighted by Crippen LogP contribution is -1.97. The van der Waals surface area contributed by atoms with Crippen molar-refractivity contribution in [3.05, 3.63) is 176 Å². The lowest BCUT2D eigenvalue weighted by atomic mass is 9.85. The molecule has 0 fully saturated rings. The largest absolute Gasteiger partial charge is 0.292 e. The molecule has 7 aromatic carbocycles. The molecular formula is C44H29N3. The Morgan fingerprint density at radius 2 is 0.915 bits per heavy atom. The molecule has 0 saturated carbocycles. The van der Waals surface area contributed by atoms with Crippen LogP contribution in [0.3, 0.4) is 0 Å². The van der Waals surface area contributed by atoms with Gasteiger partial charge in [0.25, 0.3) is 0 Å². The van der Waals surface area contributed by atoms with Crippen LogP contribution in [0.2, 0.25) is 0 Å². The summed E-state index contributed by atoms with van der Waals surface area (Å²) in [6.45, 7) is 0. The van der Waals surface area contributed by atoms with Crippen molar-refractivity contribution in [3.63, 3.8) is 0 Å². The molecule has 0 unspecified atom stereocenters. The summed E-state index contributed by atoms with van der Waals surface area (Å²) in [5.74, 6) is 0.929. The topological polar surface area (TPSA) is 30.7 Å². The molecule has 0 aliphatic heterocycles. The fourth-order valence-corrected chi connectivity index (χ4v) is 7.00. The molecule has 0 saturated heterocycles. The van der Waals surface area contributed by atoms with Gasteiger partial charge in [0, 0.05) is 23.6 Å². The zero-order valence-electron chi connectivity index (χ0n) is 25.6. The molecule has 9 rings (SSSR count). The van der Waals surface area contributed by atoms with Gasteiger partial charge in [-0.05, 0) is 97.4 Å². The van der Waals surface area contributed by atoms with Gasteiger partial charge >= 0.3 is 0 Å². The van der Waals surface area contributed by atoms with E-state index in [-0.39, 0.29) is 0 Å². The highest BCUT2D eigenvalue weighted by Crippen LogP contribution is 2.44. The van der Waals surface area contributed by atoms with Gasteiger partial charge in [-0.2, -0.15) is 0 Å². The minimum atomic E-state index is 0.929. The highest BCUT2D eigenvalue weighted by molar-refractivity contribution is 6.21. The average Bonchev–Trinajstić information content (AvgIpc) is 3.54. The fourth-order valence-electron chi connectivity index (χ4n) is 7.00. The van der Waals surface area contributed by atoms with Crippen molar-refractivity contribution >= 4 is 32.6 Å². The zero-order chi connectivity index (χ0) is 31.2. The smallest absolute Gasteiger partial charge is 0.145 e. The molecule has 0 spiro atoms. The molecule has 2 aromatic heterocycles. The van der Waals surface area contributed by atoms with Crippen molar-refractivity contribution in [2.75, 3.05) is 0 Å². The second-order valence-corrected chi connectivity index (χ2v) is 11.8. The molecule has 47 heavy (non-hydrogen) atoms. The van der Waals surface area contributed by atoms with E-state index in [0.29, 0.717) is 0 Å². The first-order valence-corrected chi connectivity index (χ1v) is 15.9. The lowest BCUT2D eigenvalue weighted by Gasteiger charge is -2.18. The second-order valence-electron chi connectivity index (χ2n) is 11.8. The lowest BCUT2D eigenvalue weighted by molar-refractivity contribution is 1.10. The van der Waals surface area contributed by atoms with Crippen LogP contribution in [0.15, 0.2) is 176 Å². The average molecular weight is 600 g/mol. The van der Waals surface area contributed by atoms with Crippen LogP contribution in [0.1, 0.15) is 0 Å². The Hall–Kier alpha value is -6.32. The number of aromatic nitrogens is 3. The van der Waals surface area contributed by atoms with Crippen LogP contribution in [0.25, 0.3) is 83.0 Å². The van der Waals surface area contributed by atoms with E-state index in [9.17, 15) is 0 Å². The predicted octanol–water partition coefficient (Wildman–Crippen LogP) is 11.4. The summed E-state index contributed by atoms with van der Waals surface area (Å²) in [6, 6.07) is 58.4. The van der Waals surface area contributed by atoms with Crippen molar-refractivity contribution in [3.8, 4) is 50.5 Å². The highest BCUT2D eigenvalue weighted by Gasteiger charge is 2.19. The number of hydrogen-bond acceptors (Lipinski definition) is 2. The SMILES string of the molecule is c1ccc(-n2c(-c3cccc(-c4c5ccccc5c(-c5ccc(-c6ccncc6)cc5)c5ccccc45)c3)nc3ccccc32)cc1. The molecule has 3 nitrogen and oxygen atoms in total. The van der Waals surface area contributed by atoms with Gasteiger partial charge in [0.2, 0.25) is 0 Å². The molecule has 0 aliphatic carbocycles. The molecule has 0 aliphatic rings. The summed E-state index contributed by atoms with van der Waals surface area (Å²) in [5.41, 5.74) is 11.4. The third kappa shape index (κ3) is 4.60. The van der Waals surface area contributed by atoms with E-state index in [1.807, 2.05) is 12.4 Å². The van der Waals surface area contributed by atoms with Crippen LogP contribution >= 0.6 is 0 Å². The van der Waals surface area contributed by atoms with E-state index in [4.69, 9.17) is 4.98 Å². The molecule has 0 amide bonds. The first-order valence-electron chi connectivity index (χ1n) is 15.9. The van der Waals surface area contributed by atoms with E-state index in [2.05, 4.69) is 173 Å². The molecule has 0 radical (unpaired) electrons. The maximum absolute atomic E-state index is 5.16. The van der Waals surface area contributed by atoms with Crippen LogP contribution in [0.5, 0.6) is 0 Å². The molecular weight excluding hydrogens is 571 g/mol. The zero-order valence-corrected chi connectivity index (χ0v) is 25.6. The molecule has 0 N–H and O–H groups in total. The minimum absolute atomic E-state index is 0.929. The van der Waals surface area contributed by atoms with Crippen molar-refractivity contribution in [2.45, 2.75) is 0 Å². The predicted molar refractivity (Wildman–Crippen MR) is 196 cm³/mol. The van der Waals surface area contributed by atoms with Crippen molar-refractivity contribution in [1.29, 1.82) is 0 Å². The van der Waals surface area contributed by atoms with E-state index in [0.717, 1.165) is 33.7 Å². The standard InChI is InChI=1S/C44H29N3/c1-2-13-35(14-3-1)47-41-20-9-8-19-40(41)46-44(47)34-12-10-11-33(29-34)43-38-17-6-4-15-36(38)42(37-16-5-7-18-39(37)43)32-23-21-30(22-24-32)31-25-27-45-28-26-31/h1-29H. The summed E-state index contributed by atoms with van der Waals surface area (Å²) < 4.78 is 2.27. The van der Waals surface area contributed by atoms with Gasteiger partial charge in [-0.3, -0.25) is 9.55 Å². The van der Waals surface area contributed by atoms with Crippen LogP contribution in [0.4, 0.5) is 0 Å². The van der Waals surface area contributed by atoms with Crippen LogP contribution in [-0.4, -0.2) is 14.5 Å². The van der Waals surface area contributed by atoms with Gasteiger partial charge in [-0.25, -0.2) is 4.98 Å². The Labute approximate surface area is 273 Å². The number of pyridine rings is 1. The number of hydrogen-bond donors (Lipinski definition) is 0. The highest BCUT2D eigenvalue weighted by atomic mass is 15.1. The van der Waals surface area contributed by atoms with Crippen molar-refractivity contribution < 1.29 is 0 Å². The molecule has 3 heteroatoms. The van der Waals surface area contributed by atoms with E-state index >= 15 is 0 Å². The summed E-state index contributed by atoms with van der Waals surface area (Å²) in [4.78, 5) is 9.34. The van der Waals surface area contributed by atoms with Gasteiger partial charge < -0.3 is 0 Å². The summed E-state index contributed by atoms with van der Waals surface area (Å²) in [7, 11) is 0. The number of imidazole rings is 1. The van der Waals surface area contributed by atoms with E-state index in [1.54, 1.807) is 0 Å². The Morgan fingerprint density at radius 3 is 1.60 bits per heavy atom. The molecule has 0 atom stereocenters. The van der Waals surface area contributed by atoms with Crippen molar-refractivity contribution in [1.82, 2.24) is 14.5 Å². The maximum atomic E-state index is 5.16. The van der Waals surface area contributed by atoms with E-state index < -0.39 is 0 Å². The summed E-state index contributed by atoms with van der Waals surface area (Å²) in [5, 5.41) is 4.93. The summed E-state index contributed by atoms with van der Waals surface area (Å²) in [6.07, 6.45) is 3.69. The Bertz CT molecular complexity index is 2490. The summed E-state index contributed by atoms with van der Waals surface area (Å²) >= 11 is 0. The monoisotopic (exact) mass is 599 g/mol. The van der Waals surface area contributed by atoms with Crippen LogP contribution < -0.4 is 0 Å². The van der Waals surface area contributed by atoms with E-state index in [1.165, 1.54) is 49.4 Å². The second kappa shape index (κ2) is 11.2. The molecule has 2 heterocycles. The Kier molecular flexibility index (Phi) is 6.46. The normalized spacial score (nSPS) is 11.4. The number of para-hydroxylation sites is 3. The maximum Gasteiger partial charge on any atom is 0.145 e. The minimum Gasteiger partial charge on any atom is -0.292 e. The first kappa shape index (κ1) is 27.0. The van der Waals surface area contributed by atoms with Gasteiger partial charge in [0.1, 0.15) is 5.82 Å². The first-order chi connectivity index (χ1) is 23.3. The number of nitrogens with zero attached hydrogens (tertiary/aromatic N) is 3. The molecule has 0 bridgehead atoms. The quantitative estimate of drug-likeness (QED) is 0.184. The van der Waals surface area contributed by atoms with Crippen LogP contribution in [-0.2, 0) is 0 Å². The van der Waals surface area contributed by atoms with Gasteiger partial charge in [-0.15, -0.1) is 0 Å².